The van der Waals surface area contributed by atoms with Gasteiger partial charge in [0.05, 0.1) is 0 Å². The molecule has 1 atom stereocenters. The smallest absolute Gasteiger partial charge is 0.260 e. The van der Waals surface area contributed by atoms with Crippen molar-refractivity contribution >= 4 is 29.3 Å². The summed E-state index contributed by atoms with van der Waals surface area (Å²) >= 11 is 7.72. The van der Waals surface area contributed by atoms with Gasteiger partial charge in [-0.25, -0.2) is 0 Å². The molecule has 5 heteroatoms. The highest BCUT2D eigenvalue weighted by Gasteiger charge is 2.14. The maximum absolute atomic E-state index is 12.1. The molecule has 1 N–H and O–H groups in total. The van der Waals surface area contributed by atoms with E-state index < -0.39 is 6.10 Å². The number of carbonyl (C=O) groups excluding carboxylic acids is 1. The monoisotopic (exact) mass is 363 g/mol. The predicted octanol–water partition coefficient (Wildman–Crippen LogP) is 4.47. The molecule has 1 amide bonds. The van der Waals surface area contributed by atoms with Crippen LogP contribution in [0.2, 0.25) is 5.02 Å². The molecular formula is C19H22ClNO2S. The second kappa shape index (κ2) is 9.60. The maximum Gasteiger partial charge on any atom is 0.260 e. The third kappa shape index (κ3) is 6.10. The lowest BCUT2D eigenvalue weighted by Crippen LogP contribution is -2.37. The third-order valence-electron chi connectivity index (χ3n) is 3.47. The number of benzene rings is 2. The van der Waals surface area contributed by atoms with Crippen LogP contribution < -0.4 is 10.1 Å². The van der Waals surface area contributed by atoms with Crippen molar-refractivity contribution in [3.63, 3.8) is 0 Å². The molecule has 0 unspecified atom stereocenters. The Morgan fingerprint density at radius 2 is 2.04 bits per heavy atom. The van der Waals surface area contributed by atoms with E-state index in [4.69, 9.17) is 16.3 Å². The van der Waals surface area contributed by atoms with E-state index in [2.05, 4.69) is 11.4 Å². The van der Waals surface area contributed by atoms with Gasteiger partial charge in [-0.1, -0.05) is 41.9 Å². The first-order valence-electron chi connectivity index (χ1n) is 7.88. The van der Waals surface area contributed by atoms with Crippen molar-refractivity contribution in [3.8, 4) is 5.75 Å². The van der Waals surface area contributed by atoms with E-state index in [1.54, 1.807) is 18.7 Å². The van der Waals surface area contributed by atoms with Crippen LogP contribution in [0.3, 0.4) is 0 Å². The number of hydrogen-bond acceptors (Lipinski definition) is 3. The van der Waals surface area contributed by atoms with Gasteiger partial charge in [-0.15, -0.1) is 0 Å². The van der Waals surface area contributed by atoms with Crippen molar-refractivity contribution in [1.29, 1.82) is 0 Å². The first-order valence-corrected chi connectivity index (χ1v) is 9.41. The van der Waals surface area contributed by atoms with Crippen LogP contribution in [0, 0.1) is 6.92 Å². The summed E-state index contributed by atoms with van der Waals surface area (Å²) in [7, 11) is 0. The highest BCUT2D eigenvalue weighted by atomic mass is 35.5. The van der Waals surface area contributed by atoms with Crippen LogP contribution in [-0.2, 0) is 10.5 Å². The molecule has 0 saturated carbocycles. The van der Waals surface area contributed by atoms with E-state index in [1.807, 2.05) is 49.4 Å². The Morgan fingerprint density at radius 1 is 1.25 bits per heavy atom. The van der Waals surface area contributed by atoms with Crippen LogP contribution in [-0.4, -0.2) is 24.3 Å². The number of hydrogen-bond donors (Lipinski definition) is 1. The Labute approximate surface area is 152 Å². The summed E-state index contributed by atoms with van der Waals surface area (Å²) in [5.74, 6) is 2.37. The summed E-state index contributed by atoms with van der Waals surface area (Å²) in [4.78, 5) is 12.1. The number of aryl methyl sites for hydroxylation is 1. The minimum absolute atomic E-state index is 0.0957. The Kier molecular flexibility index (Phi) is 7.47. The molecule has 3 nitrogen and oxygen atoms in total. The van der Waals surface area contributed by atoms with E-state index in [0.29, 0.717) is 6.54 Å². The average Bonchev–Trinajstić information content (AvgIpc) is 2.56. The van der Waals surface area contributed by atoms with E-state index >= 15 is 0 Å². The lowest BCUT2D eigenvalue weighted by molar-refractivity contribution is -0.127. The fourth-order valence-corrected chi connectivity index (χ4v) is 3.16. The first kappa shape index (κ1) is 18.7. The molecule has 2 rings (SSSR count). The summed E-state index contributed by atoms with van der Waals surface area (Å²) in [6.07, 6.45) is -0.510. The quantitative estimate of drug-likeness (QED) is 0.703. The zero-order chi connectivity index (χ0) is 17.4. The minimum atomic E-state index is -0.510. The van der Waals surface area contributed by atoms with Crippen molar-refractivity contribution in [2.45, 2.75) is 25.7 Å². The topological polar surface area (TPSA) is 38.3 Å². The van der Waals surface area contributed by atoms with Crippen molar-refractivity contribution in [2.24, 2.45) is 0 Å². The lowest BCUT2D eigenvalue weighted by Gasteiger charge is -2.16. The average molecular weight is 364 g/mol. The molecule has 0 bridgehead atoms. The van der Waals surface area contributed by atoms with Crippen LogP contribution in [0.5, 0.6) is 5.75 Å². The van der Waals surface area contributed by atoms with Crippen molar-refractivity contribution in [3.05, 3.63) is 64.7 Å². The molecule has 0 spiro atoms. The predicted molar refractivity (Wildman–Crippen MR) is 102 cm³/mol. The van der Waals surface area contributed by atoms with Gasteiger partial charge in [-0.05, 0) is 43.2 Å². The zero-order valence-corrected chi connectivity index (χ0v) is 15.5. The fraction of sp³-hybridized carbons (Fsp3) is 0.316. The number of carbonyl (C=O) groups is 1. The molecule has 2 aromatic rings. The summed E-state index contributed by atoms with van der Waals surface area (Å²) in [5, 5.41) is 3.66. The van der Waals surface area contributed by atoms with Crippen LogP contribution in [0.15, 0.2) is 48.5 Å². The minimum Gasteiger partial charge on any atom is -0.481 e. The number of amides is 1. The molecule has 0 aliphatic heterocycles. The van der Waals surface area contributed by atoms with Crippen molar-refractivity contribution in [1.82, 2.24) is 5.32 Å². The maximum atomic E-state index is 12.1. The Hall–Kier alpha value is -1.65. The van der Waals surface area contributed by atoms with E-state index in [-0.39, 0.29) is 5.91 Å². The molecule has 0 heterocycles. The number of ether oxygens (including phenoxy) is 1. The zero-order valence-electron chi connectivity index (χ0n) is 13.9. The lowest BCUT2D eigenvalue weighted by atomic mass is 10.2. The summed E-state index contributed by atoms with van der Waals surface area (Å²) in [6, 6.07) is 15.5. The number of nitrogens with one attached hydrogen (secondary N) is 1. The van der Waals surface area contributed by atoms with Gasteiger partial charge in [-0.3, -0.25) is 4.79 Å². The molecule has 0 fully saturated rings. The highest BCUT2D eigenvalue weighted by molar-refractivity contribution is 7.98. The second-order valence-corrected chi connectivity index (χ2v) is 7.04. The molecular weight excluding hydrogens is 342 g/mol. The summed E-state index contributed by atoms with van der Waals surface area (Å²) in [5.41, 5.74) is 2.21. The van der Waals surface area contributed by atoms with Crippen LogP contribution in [0.1, 0.15) is 18.1 Å². The fourth-order valence-electron chi connectivity index (χ4n) is 2.14. The molecule has 0 saturated heterocycles. The highest BCUT2D eigenvalue weighted by Crippen LogP contribution is 2.18. The number of thioether (sulfide) groups is 1. The van der Waals surface area contributed by atoms with Crippen LogP contribution in [0.25, 0.3) is 0 Å². The van der Waals surface area contributed by atoms with Crippen LogP contribution >= 0.6 is 23.4 Å². The van der Waals surface area contributed by atoms with E-state index in [9.17, 15) is 4.79 Å². The van der Waals surface area contributed by atoms with Gasteiger partial charge >= 0.3 is 0 Å². The SMILES string of the molecule is Cc1ccccc1O[C@H](C)C(=O)NCCSCc1cccc(Cl)c1. The third-order valence-corrected chi connectivity index (χ3v) is 4.74. The summed E-state index contributed by atoms with van der Waals surface area (Å²) in [6.45, 7) is 4.35. The molecule has 0 radical (unpaired) electrons. The number of rotatable bonds is 8. The Bertz CT molecular complexity index is 678. The van der Waals surface area contributed by atoms with E-state index in [0.717, 1.165) is 27.8 Å². The molecule has 0 aliphatic carbocycles. The normalized spacial score (nSPS) is 11.8. The van der Waals surface area contributed by atoms with Crippen molar-refractivity contribution in [2.75, 3.05) is 12.3 Å². The van der Waals surface area contributed by atoms with Gasteiger partial charge < -0.3 is 10.1 Å². The second-order valence-electron chi connectivity index (χ2n) is 5.50. The standard InChI is InChI=1S/C19H22ClNO2S/c1-14-6-3-4-9-18(14)23-15(2)19(22)21-10-11-24-13-16-7-5-8-17(20)12-16/h3-9,12,15H,10-11,13H2,1-2H3,(H,21,22)/t15-/m1/s1. The molecule has 24 heavy (non-hydrogen) atoms. The van der Waals surface area contributed by atoms with Gasteiger partial charge in [-0.2, -0.15) is 11.8 Å². The van der Waals surface area contributed by atoms with Gasteiger partial charge in [0.1, 0.15) is 5.75 Å². The molecule has 2 aromatic carbocycles. The summed E-state index contributed by atoms with van der Waals surface area (Å²) < 4.78 is 5.71. The van der Waals surface area contributed by atoms with Gasteiger partial charge in [0.2, 0.25) is 0 Å². The molecule has 0 aliphatic rings. The number of halogens is 1. The number of para-hydroxylation sites is 1. The van der Waals surface area contributed by atoms with Gasteiger partial charge in [0.25, 0.3) is 5.91 Å². The van der Waals surface area contributed by atoms with Gasteiger partial charge in [0, 0.05) is 23.1 Å². The van der Waals surface area contributed by atoms with Crippen molar-refractivity contribution < 1.29 is 9.53 Å². The molecule has 0 aromatic heterocycles. The van der Waals surface area contributed by atoms with Crippen LogP contribution in [0.4, 0.5) is 0 Å². The Morgan fingerprint density at radius 3 is 2.79 bits per heavy atom. The first-order chi connectivity index (χ1) is 11.6. The van der Waals surface area contributed by atoms with Gasteiger partial charge in [0.15, 0.2) is 6.10 Å². The molecule has 128 valence electrons. The largest absolute Gasteiger partial charge is 0.481 e. The Balaban J connectivity index is 1.66. The van der Waals surface area contributed by atoms with E-state index in [1.165, 1.54) is 5.56 Å².